The predicted octanol–water partition coefficient (Wildman–Crippen LogP) is 4.04. The van der Waals surface area contributed by atoms with Crippen LogP contribution in [0.2, 0.25) is 0 Å². The number of methoxy groups -OCH3 is 4. The molecule has 0 aliphatic carbocycles. The quantitative estimate of drug-likeness (QED) is 0.0509. The van der Waals surface area contributed by atoms with E-state index in [0.29, 0.717) is 92.1 Å². The number of urea groups is 4. The van der Waals surface area contributed by atoms with Crippen LogP contribution in [-0.4, -0.2) is 201 Å². The Hall–Kier alpha value is -17.4. The van der Waals surface area contributed by atoms with Gasteiger partial charge in [0.25, 0.3) is 47.3 Å². The van der Waals surface area contributed by atoms with Gasteiger partial charge in [-0.05, 0) is 138 Å². The number of carboxylic acids is 1. The first-order valence-electron chi connectivity index (χ1n) is 38.3. The first-order chi connectivity index (χ1) is 60.6. The lowest BCUT2D eigenvalue weighted by Gasteiger charge is -2.26. The van der Waals surface area contributed by atoms with E-state index in [1.54, 1.807) is 122 Å². The Balaban J connectivity index is 0.000000130. The van der Waals surface area contributed by atoms with Crippen molar-refractivity contribution in [3.8, 4) is 93.2 Å². The molecule has 4 fully saturated rings. The second-order valence-electron chi connectivity index (χ2n) is 29.4. The average Bonchev–Trinajstić information content (AvgIpc) is 1.63. The molecule has 0 bridgehead atoms. The number of carbonyl (C=O) groups is 14. The molecular weight excluding hydrogens is 1630 g/mol. The number of nitrogens with two attached hydrogens (primary N) is 1. The van der Waals surface area contributed by atoms with Gasteiger partial charge < -0.3 is 85.1 Å². The minimum Gasteiger partial charge on any atom is -0.497 e. The largest absolute Gasteiger partial charge is 0.497 e. The van der Waals surface area contributed by atoms with E-state index in [9.17, 15) is 67.1 Å². The zero-order valence-corrected chi connectivity index (χ0v) is 67.0. The van der Waals surface area contributed by atoms with Crippen molar-refractivity contribution >= 4 is 83.3 Å². The summed E-state index contributed by atoms with van der Waals surface area (Å²) < 4.78 is 31.4. The van der Waals surface area contributed by atoms with Crippen molar-refractivity contribution in [1.29, 1.82) is 0 Å². The minimum absolute atomic E-state index is 0.0854. The topological polar surface area (TPSA) is 478 Å². The maximum atomic E-state index is 13.0. The number of aromatic amines is 1. The summed E-state index contributed by atoms with van der Waals surface area (Å²) in [6.45, 7) is 0.748. The maximum Gasteiger partial charge on any atom is 0.335 e. The highest BCUT2D eigenvalue weighted by molar-refractivity contribution is 6.13. The van der Waals surface area contributed by atoms with Crippen molar-refractivity contribution in [3.63, 3.8) is 0 Å². The number of fused-ring (bicyclic) bond motifs is 5. The molecule has 0 saturated carbocycles. The van der Waals surface area contributed by atoms with Crippen molar-refractivity contribution in [1.82, 2.24) is 72.1 Å². The second-order valence-corrected chi connectivity index (χ2v) is 29.4. The summed E-state index contributed by atoms with van der Waals surface area (Å²) in [5.74, 6) is 21.5. The van der Waals surface area contributed by atoms with E-state index in [4.69, 9.17) is 39.3 Å². The lowest BCUT2D eigenvalue weighted by atomic mass is 9.98. The number of imidazole rings is 1. The monoisotopic (exact) mass is 1700 g/mol. The molecular formula is C90H71N15O21. The Bertz CT molecular complexity index is 6430. The van der Waals surface area contributed by atoms with Crippen molar-refractivity contribution in [3.05, 3.63) is 254 Å². The molecule has 12 N–H and O–H groups in total. The summed E-state index contributed by atoms with van der Waals surface area (Å²) >= 11 is 0. The van der Waals surface area contributed by atoms with E-state index < -0.39 is 81.8 Å². The number of benzene rings is 8. The van der Waals surface area contributed by atoms with Crippen LogP contribution in [0.15, 0.2) is 176 Å². The maximum absolute atomic E-state index is 13.0. The molecule has 126 heavy (non-hydrogen) atoms. The van der Waals surface area contributed by atoms with Crippen LogP contribution in [0.5, 0.6) is 34.5 Å². The van der Waals surface area contributed by atoms with Gasteiger partial charge in [0.2, 0.25) is 34.9 Å². The number of rotatable bonds is 15. The molecule has 632 valence electrons. The average molecular weight is 1700 g/mol. The number of aromatic carboxylic acids is 1. The van der Waals surface area contributed by atoms with Crippen molar-refractivity contribution < 1.29 is 101 Å². The summed E-state index contributed by atoms with van der Waals surface area (Å²) in [5.41, 5.74) is 7.26. The van der Waals surface area contributed by atoms with Gasteiger partial charge in [0.05, 0.1) is 65.7 Å². The number of amides is 17. The van der Waals surface area contributed by atoms with E-state index in [1.807, 2.05) is 24.3 Å². The van der Waals surface area contributed by atoms with E-state index in [1.165, 1.54) is 78.4 Å². The third-order valence-electron chi connectivity index (χ3n) is 21.3. The van der Waals surface area contributed by atoms with Crippen molar-refractivity contribution in [2.75, 3.05) is 61.4 Å². The van der Waals surface area contributed by atoms with Crippen LogP contribution >= 0.6 is 0 Å². The molecule has 8 aromatic carbocycles. The molecule has 17 amide bonds. The molecule has 10 heterocycles. The van der Waals surface area contributed by atoms with Crippen LogP contribution in [0.3, 0.4) is 0 Å². The number of hydrogen-bond acceptors (Lipinski definition) is 21. The molecule has 36 heteroatoms. The van der Waals surface area contributed by atoms with E-state index in [2.05, 4.69) is 99.9 Å². The van der Waals surface area contributed by atoms with Gasteiger partial charge in [-0.25, -0.2) is 29.0 Å². The first kappa shape index (κ1) is 83.6. The van der Waals surface area contributed by atoms with Crippen LogP contribution in [0.1, 0.15) is 107 Å². The summed E-state index contributed by atoms with van der Waals surface area (Å²) in [4.78, 5) is 186. The highest BCUT2D eigenvalue weighted by atomic mass is 16.7. The highest BCUT2D eigenvalue weighted by Crippen LogP contribution is 2.36. The summed E-state index contributed by atoms with van der Waals surface area (Å²) in [5, 5.41) is 28.0. The molecule has 9 aliphatic heterocycles. The predicted molar refractivity (Wildman–Crippen MR) is 441 cm³/mol. The van der Waals surface area contributed by atoms with Gasteiger partial charge in [0.1, 0.15) is 28.8 Å². The van der Waals surface area contributed by atoms with Crippen molar-refractivity contribution in [2.45, 2.75) is 48.3 Å². The number of nitrogens with one attached hydrogen (secondary N) is 9. The number of ether oxygens (including phenoxy) is 6. The Labute approximate surface area is 715 Å². The fourth-order valence-corrected chi connectivity index (χ4v) is 14.8. The third-order valence-corrected chi connectivity index (χ3v) is 21.3. The fraction of sp³-hybridized carbons (Fsp3) is 0.189. The van der Waals surface area contributed by atoms with Gasteiger partial charge in [-0.1, -0.05) is 95.9 Å². The lowest BCUT2D eigenvalue weighted by molar-refractivity contribution is -0.123. The standard InChI is InChI=1S/C24H19N5O4.C22H18N4O5.2C22H17N3O6/c1-33-18-7-6-17-13-29(21(30)19(17)12-18)14-24(22(31)27-23(32)28-24)9-8-15-2-4-16(5-3-15)20-25-10-11-26-20;1-31-15-7-6-14-11-26(19(28)17(14)10-15)12-22(20(29)24-21(30)25-22)9-8-13-4-2-3-5-16(13)18(23)27;1-29-15-4-3-14-10-25(19(26)16(14)9-15)11-22(20(27)23-21(28)24-22)7-6-13-2-5-17-18(8-13)31-12-30-17;1-31-16-7-6-15-11-25(18(26)17(15)10-16)12-22(20(29)23-21(30)24-22)9-8-13-2-4-14(5-3-13)19(27)28/h2-7,10-12H,13-14H2,1H3,(H,25,26)(H2,27,28,31,32);2-7,10H,11-12H2,1H3,(H2,23,27)(H2,24,25,29,30);2-5,8-9H,10-12H2,1H3,(H2,23,24,27,28);2-7,10H,11-12H2,1H3,(H,27,28)(H2,23,24,29,30)/t24-;3*22-/m1111/s1. The number of H-pyrrole nitrogens is 1. The summed E-state index contributed by atoms with van der Waals surface area (Å²) in [6, 6.07) is 42.8. The van der Waals surface area contributed by atoms with Crippen LogP contribution in [-0.2, 0) is 45.4 Å². The number of aromatic nitrogens is 2. The number of hydrogen-bond donors (Lipinski definition) is 11. The molecule has 9 aliphatic rings. The van der Waals surface area contributed by atoms with Crippen molar-refractivity contribution in [2.24, 2.45) is 5.73 Å². The molecule has 0 radical (unpaired) electrons. The molecule has 1 aromatic heterocycles. The van der Waals surface area contributed by atoms with Gasteiger partial charge >= 0.3 is 30.1 Å². The van der Waals surface area contributed by atoms with Gasteiger partial charge in [-0.3, -0.25) is 64.4 Å². The Kier molecular flexibility index (Phi) is 22.8. The molecule has 36 nitrogen and oxygen atoms in total. The number of nitrogens with zero attached hydrogens (tertiary/aromatic N) is 5. The van der Waals surface area contributed by atoms with Gasteiger partial charge in [0, 0.05) is 88.6 Å². The summed E-state index contributed by atoms with van der Waals surface area (Å²) in [6.07, 6.45) is 3.41. The van der Waals surface area contributed by atoms with Gasteiger partial charge in [-0.2, -0.15) is 0 Å². The Morgan fingerprint density at radius 1 is 0.429 bits per heavy atom. The Morgan fingerprint density at radius 2 is 0.778 bits per heavy atom. The van der Waals surface area contributed by atoms with Crippen LogP contribution in [0.25, 0.3) is 11.4 Å². The molecule has 0 unspecified atom stereocenters. The minimum atomic E-state index is -1.68. The molecule has 4 saturated heterocycles. The smallest absolute Gasteiger partial charge is 0.335 e. The second kappa shape index (κ2) is 34.4. The molecule has 0 spiro atoms. The first-order valence-corrected chi connectivity index (χ1v) is 38.3. The number of primary amides is 1. The van der Waals surface area contributed by atoms with E-state index >= 15 is 0 Å². The van der Waals surface area contributed by atoms with Crippen LogP contribution in [0, 0.1) is 47.4 Å². The Morgan fingerprint density at radius 3 is 1.12 bits per heavy atom. The number of carboxylic acid groups (broad SMARTS) is 1. The van der Waals surface area contributed by atoms with E-state index in [-0.39, 0.29) is 80.8 Å². The van der Waals surface area contributed by atoms with Crippen LogP contribution < -0.4 is 76.7 Å². The molecule has 9 aromatic rings. The van der Waals surface area contributed by atoms with Crippen LogP contribution in [0.4, 0.5) is 19.2 Å². The third kappa shape index (κ3) is 17.1. The number of imide groups is 4. The van der Waals surface area contributed by atoms with Gasteiger partial charge in [-0.15, -0.1) is 0 Å². The van der Waals surface area contributed by atoms with Gasteiger partial charge in [0.15, 0.2) is 11.5 Å². The highest BCUT2D eigenvalue weighted by Gasteiger charge is 2.53. The lowest BCUT2D eigenvalue weighted by Crippen LogP contribution is -2.54. The molecule has 4 atom stereocenters. The molecule has 18 rings (SSSR count). The zero-order valence-electron chi connectivity index (χ0n) is 67.0. The SMILES string of the molecule is COc1ccc2c(c1)C(=O)N(C[C@@]1(C#Cc3ccc(-c4ncc[nH]4)cc3)NC(=O)NC1=O)C2.COc1ccc2c(c1)C(=O)N(C[C@@]1(C#Cc3ccc(C(=O)O)cc3)NC(=O)NC1=O)C2.COc1ccc2c(c1)C(=O)N(C[C@@]1(C#Cc3ccc4c(c3)OCO4)NC(=O)NC1=O)C2.COc1ccc2c(c1)C(=O)N(C[C@@]1(C#Cc3ccccc3C(N)=O)NC(=O)NC1=O)C2. The normalized spacial score (nSPS) is 19.5. The summed E-state index contributed by atoms with van der Waals surface area (Å²) in [7, 11) is 6.07. The fourth-order valence-electron chi connectivity index (χ4n) is 14.8. The zero-order chi connectivity index (χ0) is 88.9. The van der Waals surface area contributed by atoms with E-state index in [0.717, 1.165) is 33.6 Å². The number of carbonyl (C=O) groups excluding carboxylic acids is 13.